The molecule has 1 N–H and O–H groups in total. The van der Waals surface area contributed by atoms with Crippen LogP contribution in [0.1, 0.15) is 43.1 Å². The van der Waals surface area contributed by atoms with Crippen molar-refractivity contribution in [1.29, 1.82) is 0 Å². The molecule has 144 valence electrons. The molecule has 2 heterocycles. The second kappa shape index (κ2) is 8.75. The number of likely N-dealkylation sites (tertiary alicyclic amines) is 1. The van der Waals surface area contributed by atoms with Gasteiger partial charge in [-0.05, 0) is 49.9 Å². The first-order valence-corrected chi connectivity index (χ1v) is 9.42. The van der Waals surface area contributed by atoms with Crippen LogP contribution in [0.2, 0.25) is 0 Å². The fraction of sp³-hybridized carbons (Fsp3) is 0.429. The zero-order valence-corrected chi connectivity index (χ0v) is 16.2. The number of carbonyl (C=O) groups is 1. The van der Waals surface area contributed by atoms with Gasteiger partial charge in [0.1, 0.15) is 5.69 Å². The highest BCUT2D eigenvalue weighted by molar-refractivity contribution is 5.93. The highest BCUT2D eigenvalue weighted by atomic mass is 16.5. The van der Waals surface area contributed by atoms with Gasteiger partial charge in [-0.2, -0.15) is 0 Å². The second-order valence-corrected chi connectivity index (χ2v) is 6.68. The van der Waals surface area contributed by atoms with E-state index in [9.17, 15) is 4.79 Å². The summed E-state index contributed by atoms with van der Waals surface area (Å²) in [6, 6.07) is 9.57. The summed E-state index contributed by atoms with van der Waals surface area (Å²) in [7, 11) is 3.21. The van der Waals surface area contributed by atoms with Crippen LogP contribution < -0.4 is 14.8 Å². The molecule has 1 atom stereocenters. The van der Waals surface area contributed by atoms with Crippen molar-refractivity contribution in [2.75, 3.05) is 26.1 Å². The summed E-state index contributed by atoms with van der Waals surface area (Å²) in [5.41, 5.74) is 2.13. The van der Waals surface area contributed by atoms with Crippen LogP contribution in [0.4, 0.5) is 11.4 Å². The lowest BCUT2D eigenvalue weighted by Crippen LogP contribution is -2.43. The molecule has 3 rings (SSSR count). The number of amides is 1. The van der Waals surface area contributed by atoms with E-state index in [4.69, 9.17) is 9.47 Å². The monoisotopic (exact) mass is 369 g/mol. The van der Waals surface area contributed by atoms with Gasteiger partial charge in [0.2, 0.25) is 0 Å². The third kappa shape index (κ3) is 4.32. The highest BCUT2D eigenvalue weighted by Gasteiger charge is 2.27. The number of hydrogen-bond donors (Lipinski definition) is 1. The number of piperidine rings is 1. The number of carbonyl (C=O) groups excluding carboxylic acids is 1. The first-order valence-electron chi connectivity index (χ1n) is 9.42. The number of ether oxygens (including phenoxy) is 2. The van der Waals surface area contributed by atoms with E-state index >= 15 is 0 Å². The Morgan fingerprint density at radius 1 is 1.15 bits per heavy atom. The van der Waals surface area contributed by atoms with Crippen molar-refractivity contribution in [3.05, 3.63) is 42.2 Å². The largest absolute Gasteiger partial charge is 0.493 e. The van der Waals surface area contributed by atoms with Crippen LogP contribution in [0.5, 0.6) is 11.5 Å². The van der Waals surface area contributed by atoms with Crippen LogP contribution >= 0.6 is 0 Å². The average molecular weight is 369 g/mol. The van der Waals surface area contributed by atoms with Crippen molar-refractivity contribution >= 4 is 17.3 Å². The molecule has 0 bridgehead atoms. The van der Waals surface area contributed by atoms with Crippen LogP contribution in [0.25, 0.3) is 0 Å². The van der Waals surface area contributed by atoms with Crippen LogP contribution in [0.3, 0.4) is 0 Å². The Bertz CT molecular complexity index is 794. The van der Waals surface area contributed by atoms with Gasteiger partial charge in [0, 0.05) is 36.2 Å². The lowest BCUT2D eigenvalue weighted by molar-refractivity contribution is 0.0602. The van der Waals surface area contributed by atoms with Crippen molar-refractivity contribution in [3.63, 3.8) is 0 Å². The van der Waals surface area contributed by atoms with Gasteiger partial charge in [0.05, 0.1) is 14.2 Å². The molecule has 1 aliphatic heterocycles. The molecule has 1 aliphatic rings. The molecule has 6 nitrogen and oxygen atoms in total. The van der Waals surface area contributed by atoms with E-state index in [1.54, 1.807) is 26.5 Å². The lowest BCUT2D eigenvalue weighted by Gasteiger charge is -2.35. The molecule has 1 aromatic heterocycles. The molecule has 1 fully saturated rings. The second-order valence-electron chi connectivity index (χ2n) is 6.68. The Morgan fingerprint density at radius 3 is 2.67 bits per heavy atom. The number of methoxy groups -OCH3 is 2. The Labute approximate surface area is 160 Å². The van der Waals surface area contributed by atoms with E-state index in [1.807, 2.05) is 29.2 Å². The molecule has 27 heavy (non-hydrogen) atoms. The van der Waals surface area contributed by atoms with Crippen molar-refractivity contribution in [3.8, 4) is 11.5 Å². The zero-order chi connectivity index (χ0) is 19.2. The number of anilines is 2. The highest BCUT2D eigenvalue weighted by Crippen LogP contribution is 2.31. The summed E-state index contributed by atoms with van der Waals surface area (Å²) < 4.78 is 10.6. The van der Waals surface area contributed by atoms with Crippen LogP contribution in [0.15, 0.2) is 36.5 Å². The van der Waals surface area contributed by atoms with Gasteiger partial charge in [-0.25, -0.2) is 0 Å². The first-order chi connectivity index (χ1) is 13.2. The minimum Gasteiger partial charge on any atom is -0.493 e. The minimum absolute atomic E-state index is 0.0116. The maximum absolute atomic E-state index is 13.0. The summed E-state index contributed by atoms with van der Waals surface area (Å²) >= 11 is 0. The van der Waals surface area contributed by atoms with E-state index in [-0.39, 0.29) is 5.91 Å². The molecule has 1 unspecified atom stereocenters. The van der Waals surface area contributed by atoms with E-state index in [1.165, 1.54) is 6.42 Å². The van der Waals surface area contributed by atoms with Gasteiger partial charge in [-0.3, -0.25) is 9.78 Å². The van der Waals surface area contributed by atoms with Gasteiger partial charge in [-0.1, -0.05) is 6.92 Å². The molecule has 1 saturated heterocycles. The molecule has 0 radical (unpaired) electrons. The normalized spacial score (nSPS) is 16.7. The maximum Gasteiger partial charge on any atom is 0.272 e. The Hall–Kier alpha value is -2.76. The van der Waals surface area contributed by atoms with E-state index in [0.29, 0.717) is 23.2 Å². The molecular weight excluding hydrogens is 342 g/mol. The standard InChI is InChI=1S/C21H27N3O3/c1-4-17-7-5-6-12-24(17)21(25)18-13-16(10-11-22-18)23-15-8-9-19(26-2)20(14-15)27-3/h8-11,13-14,17H,4-7,12H2,1-3H3,(H,22,23). The molecule has 1 amide bonds. The van der Waals surface area contributed by atoms with E-state index < -0.39 is 0 Å². The summed E-state index contributed by atoms with van der Waals surface area (Å²) in [5, 5.41) is 3.31. The van der Waals surface area contributed by atoms with Gasteiger partial charge < -0.3 is 19.7 Å². The average Bonchev–Trinajstić information content (AvgIpc) is 2.73. The predicted octanol–water partition coefficient (Wildman–Crippen LogP) is 4.25. The first kappa shape index (κ1) is 19.0. The van der Waals surface area contributed by atoms with Crippen molar-refractivity contribution < 1.29 is 14.3 Å². The number of aromatic nitrogens is 1. The number of pyridine rings is 1. The summed E-state index contributed by atoms with van der Waals surface area (Å²) in [6.45, 7) is 2.95. The number of nitrogens with zero attached hydrogens (tertiary/aromatic N) is 2. The Kier molecular flexibility index (Phi) is 6.16. The fourth-order valence-electron chi connectivity index (χ4n) is 3.55. The summed E-state index contributed by atoms with van der Waals surface area (Å²) in [6.07, 6.45) is 5.98. The van der Waals surface area contributed by atoms with Gasteiger partial charge in [-0.15, -0.1) is 0 Å². The molecule has 0 spiro atoms. The van der Waals surface area contributed by atoms with Crippen molar-refractivity contribution in [2.24, 2.45) is 0 Å². The number of rotatable bonds is 6. The molecular formula is C21H27N3O3. The lowest BCUT2D eigenvalue weighted by atomic mass is 9.99. The zero-order valence-electron chi connectivity index (χ0n) is 16.2. The number of hydrogen-bond acceptors (Lipinski definition) is 5. The van der Waals surface area contributed by atoms with Crippen LogP contribution in [-0.4, -0.2) is 42.6 Å². The minimum atomic E-state index is 0.0116. The smallest absolute Gasteiger partial charge is 0.272 e. The quantitative estimate of drug-likeness (QED) is 0.825. The molecule has 1 aromatic carbocycles. The van der Waals surface area contributed by atoms with E-state index in [2.05, 4.69) is 17.2 Å². The van der Waals surface area contributed by atoms with Gasteiger partial charge in [0.25, 0.3) is 5.91 Å². The molecule has 2 aromatic rings. The van der Waals surface area contributed by atoms with Crippen molar-refractivity contribution in [2.45, 2.75) is 38.6 Å². The molecule has 6 heteroatoms. The molecule has 0 aliphatic carbocycles. The fourth-order valence-corrected chi connectivity index (χ4v) is 3.55. The Balaban J connectivity index is 1.78. The predicted molar refractivity (Wildman–Crippen MR) is 106 cm³/mol. The molecule has 0 saturated carbocycles. The summed E-state index contributed by atoms with van der Waals surface area (Å²) in [5.74, 6) is 1.33. The van der Waals surface area contributed by atoms with Gasteiger partial charge in [0.15, 0.2) is 11.5 Å². The summed E-state index contributed by atoms with van der Waals surface area (Å²) in [4.78, 5) is 19.2. The topological polar surface area (TPSA) is 63.7 Å². The van der Waals surface area contributed by atoms with Crippen LogP contribution in [-0.2, 0) is 0 Å². The SMILES string of the molecule is CCC1CCCCN1C(=O)c1cc(Nc2ccc(OC)c(OC)c2)ccn1. The van der Waals surface area contributed by atoms with Crippen LogP contribution in [0, 0.1) is 0 Å². The van der Waals surface area contributed by atoms with Crippen molar-refractivity contribution in [1.82, 2.24) is 9.88 Å². The Morgan fingerprint density at radius 2 is 1.93 bits per heavy atom. The number of benzene rings is 1. The third-order valence-corrected chi connectivity index (χ3v) is 5.01. The third-order valence-electron chi connectivity index (χ3n) is 5.01. The van der Waals surface area contributed by atoms with Gasteiger partial charge >= 0.3 is 0 Å². The number of nitrogens with one attached hydrogen (secondary N) is 1. The van der Waals surface area contributed by atoms with E-state index in [0.717, 1.165) is 37.2 Å². The maximum atomic E-state index is 13.0.